The molecule has 1 atom stereocenters. The highest BCUT2D eigenvalue weighted by atomic mass is 35.5. The van der Waals surface area contributed by atoms with Crippen molar-refractivity contribution in [3.8, 4) is 0 Å². The van der Waals surface area contributed by atoms with E-state index in [9.17, 15) is 8.42 Å². The summed E-state index contributed by atoms with van der Waals surface area (Å²) < 4.78 is 30.2. The highest BCUT2D eigenvalue weighted by Gasteiger charge is 2.27. The molecule has 0 aromatic heterocycles. The minimum absolute atomic E-state index is 0.321. The molecule has 100 valence electrons. The molecule has 0 aromatic carbocycles. The monoisotopic (exact) mass is 282 g/mol. The Bertz CT molecular complexity index is 335. The summed E-state index contributed by atoms with van der Waals surface area (Å²) in [6, 6.07) is 0. The molecule has 0 aromatic rings. The lowest BCUT2D eigenvalue weighted by molar-refractivity contribution is 0.0617. The fourth-order valence-corrected chi connectivity index (χ4v) is 3.61. The molecule has 0 radical (unpaired) electrons. The van der Waals surface area contributed by atoms with Gasteiger partial charge in [0.05, 0.1) is 6.10 Å². The van der Waals surface area contributed by atoms with Gasteiger partial charge in [0.1, 0.15) is 5.21 Å². The number of rotatable bonds is 4. The molecule has 1 unspecified atom stereocenters. The van der Waals surface area contributed by atoms with Crippen molar-refractivity contribution in [2.24, 2.45) is 0 Å². The number of hydrogen-bond donors (Lipinski definition) is 0. The van der Waals surface area contributed by atoms with Gasteiger partial charge < -0.3 is 4.74 Å². The van der Waals surface area contributed by atoms with Crippen LogP contribution >= 0.6 is 11.6 Å². The van der Waals surface area contributed by atoms with E-state index >= 15 is 0 Å². The maximum atomic E-state index is 11.6. The van der Waals surface area contributed by atoms with Gasteiger partial charge >= 0.3 is 0 Å². The second-order valence-electron chi connectivity index (χ2n) is 4.56. The zero-order valence-corrected chi connectivity index (χ0v) is 11.4. The number of alkyl halides is 1. The Kier molecular flexibility index (Phi) is 4.65. The number of nitrogens with zero attached hydrogens (tertiary/aromatic N) is 2. The van der Waals surface area contributed by atoms with Gasteiger partial charge in [-0.2, -0.15) is 4.31 Å². The molecule has 17 heavy (non-hydrogen) atoms. The van der Waals surface area contributed by atoms with Gasteiger partial charge in [-0.3, -0.25) is 4.90 Å². The smallest absolute Gasteiger partial charge is 0.228 e. The Hall–Kier alpha value is 0.120. The fourth-order valence-electron chi connectivity index (χ4n) is 2.34. The average molecular weight is 283 g/mol. The lowest BCUT2D eigenvalue weighted by atomic mass is 10.2. The predicted molar refractivity (Wildman–Crippen MR) is 66.6 cm³/mol. The number of piperazine rings is 1. The summed E-state index contributed by atoms with van der Waals surface area (Å²) in [5, 5.41) is -0.321. The maximum Gasteiger partial charge on any atom is 0.228 e. The van der Waals surface area contributed by atoms with Crippen LogP contribution in [0.2, 0.25) is 0 Å². The van der Waals surface area contributed by atoms with Crippen LogP contribution in [-0.2, 0) is 14.8 Å². The van der Waals surface area contributed by atoms with Gasteiger partial charge in [-0.25, -0.2) is 8.42 Å². The van der Waals surface area contributed by atoms with Gasteiger partial charge in [-0.1, -0.05) is 0 Å². The Morgan fingerprint density at radius 3 is 2.47 bits per heavy atom. The molecule has 2 saturated heterocycles. The van der Waals surface area contributed by atoms with E-state index in [1.165, 1.54) is 4.31 Å². The highest BCUT2D eigenvalue weighted by Crippen LogP contribution is 2.15. The SMILES string of the molecule is O=S(=O)(CCl)N1CCN(CC2CCCO2)CC1. The molecule has 2 rings (SSSR count). The van der Waals surface area contributed by atoms with E-state index in [2.05, 4.69) is 4.90 Å². The molecule has 0 amide bonds. The third kappa shape index (κ3) is 3.54. The highest BCUT2D eigenvalue weighted by molar-refractivity contribution is 7.90. The van der Waals surface area contributed by atoms with Gasteiger partial charge in [0, 0.05) is 39.3 Å². The first-order valence-corrected chi connectivity index (χ1v) is 8.14. The maximum absolute atomic E-state index is 11.6. The van der Waals surface area contributed by atoms with E-state index in [0.717, 1.165) is 39.1 Å². The van der Waals surface area contributed by atoms with E-state index in [0.29, 0.717) is 19.2 Å². The van der Waals surface area contributed by atoms with Gasteiger partial charge in [-0.15, -0.1) is 11.6 Å². The standard InChI is InChI=1S/C10H19ClN2O3S/c11-9-17(14,15)13-5-3-12(4-6-13)8-10-2-1-7-16-10/h10H,1-9H2. The molecule has 2 aliphatic rings. The number of halogens is 1. The first-order valence-electron chi connectivity index (χ1n) is 5.99. The first kappa shape index (κ1) is 13.5. The molecule has 0 saturated carbocycles. The second-order valence-corrected chi connectivity index (χ2v) is 7.11. The lowest BCUT2D eigenvalue weighted by Crippen LogP contribution is -2.50. The Morgan fingerprint density at radius 1 is 1.24 bits per heavy atom. The first-order chi connectivity index (χ1) is 8.12. The van der Waals surface area contributed by atoms with Crippen molar-refractivity contribution in [3.63, 3.8) is 0 Å². The van der Waals surface area contributed by atoms with Crippen LogP contribution in [-0.4, -0.2) is 68.3 Å². The van der Waals surface area contributed by atoms with Crippen molar-refractivity contribution in [1.82, 2.24) is 9.21 Å². The summed E-state index contributed by atoms with van der Waals surface area (Å²) >= 11 is 5.44. The molecule has 0 bridgehead atoms. The summed E-state index contributed by atoms with van der Waals surface area (Å²) in [6.45, 7) is 4.43. The van der Waals surface area contributed by atoms with Gasteiger partial charge in [-0.05, 0) is 12.8 Å². The van der Waals surface area contributed by atoms with Crippen LogP contribution < -0.4 is 0 Å². The van der Waals surface area contributed by atoms with Crippen molar-refractivity contribution in [3.05, 3.63) is 0 Å². The normalized spacial score (nSPS) is 28.6. The van der Waals surface area contributed by atoms with Gasteiger partial charge in [0.15, 0.2) is 0 Å². The van der Waals surface area contributed by atoms with Crippen LogP contribution in [0.3, 0.4) is 0 Å². The summed E-state index contributed by atoms with van der Waals surface area (Å²) in [7, 11) is -3.23. The van der Waals surface area contributed by atoms with Crippen LogP contribution in [0.1, 0.15) is 12.8 Å². The third-order valence-corrected chi connectivity index (χ3v) is 5.60. The molecule has 0 spiro atoms. The average Bonchev–Trinajstić information content (AvgIpc) is 2.83. The zero-order chi connectivity index (χ0) is 12.3. The number of ether oxygens (including phenoxy) is 1. The van der Waals surface area contributed by atoms with Crippen LogP contribution in [0.4, 0.5) is 0 Å². The molecule has 0 N–H and O–H groups in total. The third-order valence-electron chi connectivity index (χ3n) is 3.35. The van der Waals surface area contributed by atoms with E-state index in [4.69, 9.17) is 16.3 Å². The molecule has 0 aliphatic carbocycles. The number of sulfonamides is 1. The van der Waals surface area contributed by atoms with Crippen molar-refractivity contribution in [2.75, 3.05) is 44.5 Å². The van der Waals surface area contributed by atoms with E-state index < -0.39 is 10.0 Å². The molecular weight excluding hydrogens is 264 g/mol. The lowest BCUT2D eigenvalue weighted by Gasteiger charge is -2.34. The Balaban J connectivity index is 1.77. The van der Waals surface area contributed by atoms with Crippen molar-refractivity contribution < 1.29 is 13.2 Å². The summed E-state index contributed by atoms with van der Waals surface area (Å²) in [4.78, 5) is 2.27. The molecule has 7 heteroatoms. The van der Waals surface area contributed by atoms with Crippen LogP contribution in [0.15, 0.2) is 0 Å². The molecular formula is C10H19ClN2O3S. The van der Waals surface area contributed by atoms with E-state index in [1.807, 2.05) is 0 Å². The summed E-state index contributed by atoms with van der Waals surface area (Å²) in [5.74, 6) is 0. The Morgan fingerprint density at radius 2 is 1.94 bits per heavy atom. The zero-order valence-electron chi connectivity index (χ0n) is 9.85. The fraction of sp³-hybridized carbons (Fsp3) is 1.00. The minimum Gasteiger partial charge on any atom is -0.377 e. The molecule has 5 nitrogen and oxygen atoms in total. The van der Waals surface area contributed by atoms with Crippen molar-refractivity contribution in [2.45, 2.75) is 18.9 Å². The number of hydrogen-bond acceptors (Lipinski definition) is 4. The summed E-state index contributed by atoms with van der Waals surface area (Å²) in [5.41, 5.74) is 0. The molecule has 2 fully saturated rings. The molecule has 2 aliphatic heterocycles. The Labute approximate surface area is 108 Å². The van der Waals surface area contributed by atoms with Crippen LogP contribution in [0.25, 0.3) is 0 Å². The largest absolute Gasteiger partial charge is 0.377 e. The predicted octanol–water partition coefficient (Wildman–Crippen LogP) is 0.309. The summed E-state index contributed by atoms with van der Waals surface area (Å²) in [6.07, 6.45) is 2.61. The minimum atomic E-state index is -3.23. The van der Waals surface area contributed by atoms with E-state index in [-0.39, 0.29) is 5.21 Å². The quantitative estimate of drug-likeness (QED) is 0.697. The van der Waals surface area contributed by atoms with Crippen molar-refractivity contribution in [1.29, 1.82) is 0 Å². The second kappa shape index (κ2) is 5.84. The van der Waals surface area contributed by atoms with Crippen molar-refractivity contribution >= 4 is 21.6 Å². The molecule has 2 heterocycles. The van der Waals surface area contributed by atoms with E-state index in [1.54, 1.807) is 0 Å². The van der Waals surface area contributed by atoms with Gasteiger partial charge in [0.2, 0.25) is 10.0 Å². The van der Waals surface area contributed by atoms with Gasteiger partial charge in [0.25, 0.3) is 0 Å². The van der Waals surface area contributed by atoms with Crippen LogP contribution in [0, 0.1) is 0 Å². The topological polar surface area (TPSA) is 49.9 Å². The van der Waals surface area contributed by atoms with Crippen LogP contribution in [0.5, 0.6) is 0 Å².